The van der Waals surface area contributed by atoms with E-state index in [-0.39, 0.29) is 42.6 Å². The Morgan fingerprint density at radius 3 is 2.56 bits per heavy atom. The Labute approximate surface area is 159 Å². The lowest BCUT2D eigenvalue weighted by atomic mass is 9.77. The first-order chi connectivity index (χ1) is 12.6. The highest BCUT2D eigenvalue weighted by molar-refractivity contribution is 5.90. The lowest BCUT2D eigenvalue weighted by Crippen LogP contribution is -2.50. The van der Waals surface area contributed by atoms with Crippen LogP contribution in [-0.2, 0) is 0 Å². The zero-order valence-corrected chi connectivity index (χ0v) is 16.7. The summed E-state index contributed by atoms with van der Waals surface area (Å²) in [6, 6.07) is 0.311. The molecular weight excluding hydrogens is 352 g/mol. The monoisotopic (exact) mass is 381 g/mol. The molecule has 3 rings (SSSR count). The van der Waals surface area contributed by atoms with E-state index in [1.807, 2.05) is 20.8 Å². The predicted octanol–water partition coefficient (Wildman–Crippen LogP) is 2.40. The quantitative estimate of drug-likeness (QED) is 0.849. The Kier molecular flexibility index (Phi) is 5.38. The maximum atomic E-state index is 13.1. The fourth-order valence-electron chi connectivity index (χ4n) is 3.87. The Morgan fingerprint density at radius 1 is 1.30 bits per heavy atom. The van der Waals surface area contributed by atoms with E-state index in [9.17, 15) is 13.6 Å². The van der Waals surface area contributed by atoms with Crippen LogP contribution in [0.1, 0.15) is 48.1 Å². The Balaban J connectivity index is 1.67. The van der Waals surface area contributed by atoms with Gasteiger partial charge in [0.25, 0.3) is 5.91 Å². The number of amides is 1. The summed E-state index contributed by atoms with van der Waals surface area (Å²) in [5, 5.41) is 3.51. The SMILES string of the molecule is Cc1nc(C(=O)N(C)C)nc(N2CC[C@@H](NC(C)C3CC(F)(F)C3)C2)c1C. The molecule has 1 aliphatic carbocycles. The molecule has 0 spiro atoms. The molecular formula is C19H29F2N5O. The van der Waals surface area contributed by atoms with Crippen LogP contribution in [0, 0.1) is 19.8 Å². The second-order valence-electron chi connectivity index (χ2n) is 8.19. The molecule has 2 atom stereocenters. The first-order valence-electron chi connectivity index (χ1n) is 9.53. The van der Waals surface area contributed by atoms with Crippen molar-refractivity contribution in [3.8, 4) is 0 Å². The van der Waals surface area contributed by atoms with E-state index in [0.717, 1.165) is 36.6 Å². The van der Waals surface area contributed by atoms with Crippen molar-refractivity contribution in [3.05, 3.63) is 17.1 Å². The number of alkyl halides is 2. The Hall–Kier alpha value is -1.83. The lowest BCUT2D eigenvalue weighted by Gasteiger charge is -2.40. The van der Waals surface area contributed by atoms with Crippen LogP contribution >= 0.6 is 0 Å². The number of carbonyl (C=O) groups excluding carboxylic acids is 1. The van der Waals surface area contributed by atoms with E-state index in [1.165, 1.54) is 4.90 Å². The molecule has 6 nitrogen and oxygen atoms in total. The van der Waals surface area contributed by atoms with Gasteiger partial charge in [-0.2, -0.15) is 0 Å². The Morgan fingerprint density at radius 2 is 1.96 bits per heavy atom. The fraction of sp³-hybridized carbons (Fsp3) is 0.737. The number of rotatable bonds is 5. The lowest BCUT2D eigenvalue weighted by molar-refractivity contribution is -0.118. The molecule has 0 radical (unpaired) electrons. The number of aromatic nitrogens is 2. The van der Waals surface area contributed by atoms with Crippen molar-refractivity contribution in [2.24, 2.45) is 5.92 Å². The fourth-order valence-corrected chi connectivity index (χ4v) is 3.87. The predicted molar refractivity (Wildman–Crippen MR) is 100 cm³/mol. The molecule has 27 heavy (non-hydrogen) atoms. The van der Waals surface area contributed by atoms with Gasteiger partial charge < -0.3 is 15.1 Å². The van der Waals surface area contributed by atoms with Crippen molar-refractivity contribution in [1.29, 1.82) is 0 Å². The molecule has 1 amide bonds. The molecule has 1 aliphatic heterocycles. The topological polar surface area (TPSA) is 61.4 Å². The number of carbonyl (C=O) groups is 1. The number of hydrogen-bond donors (Lipinski definition) is 1. The van der Waals surface area contributed by atoms with Gasteiger partial charge in [0.1, 0.15) is 5.82 Å². The molecule has 2 fully saturated rings. The van der Waals surface area contributed by atoms with E-state index < -0.39 is 5.92 Å². The number of hydrogen-bond acceptors (Lipinski definition) is 5. The summed E-state index contributed by atoms with van der Waals surface area (Å²) in [6.07, 6.45) is 0.891. The highest BCUT2D eigenvalue weighted by Gasteiger charge is 2.47. The molecule has 1 aromatic rings. The Bertz CT molecular complexity index is 716. The molecule has 1 N–H and O–H groups in total. The summed E-state index contributed by atoms with van der Waals surface area (Å²) in [6.45, 7) is 7.42. The van der Waals surface area contributed by atoms with E-state index in [4.69, 9.17) is 0 Å². The molecule has 1 saturated heterocycles. The largest absolute Gasteiger partial charge is 0.355 e. The van der Waals surface area contributed by atoms with Gasteiger partial charge >= 0.3 is 0 Å². The zero-order valence-electron chi connectivity index (χ0n) is 16.7. The van der Waals surface area contributed by atoms with E-state index in [0.29, 0.717) is 0 Å². The maximum Gasteiger partial charge on any atom is 0.291 e. The van der Waals surface area contributed by atoms with Crippen molar-refractivity contribution in [1.82, 2.24) is 20.2 Å². The van der Waals surface area contributed by atoms with Gasteiger partial charge in [0.15, 0.2) is 0 Å². The van der Waals surface area contributed by atoms with Crippen molar-refractivity contribution in [2.75, 3.05) is 32.1 Å². The normalized spacial score (nSPS) is 23.2. The minimum absolute atomic E-state index is 0.0161. The number of aryl methyl sites for hydroxylation is 1. The standard InChI is InChI=1S/C19H29F2N5O/c1-11-12(2)23-16(18(27)25(4)5)24-17(11)26-7-6-15(10-26)22-13(3)14-8-19(20,21)9-14/h13-15,22H,6-10H2,1-5H3/t13?,15-/m1/s1. The second-order valence-corrected chi connectivity index (χ2v) is 8.19. The molecule has 1 saturated carbocycles. The van der Waals surface area contributed by atoms with Crippen LogP contribution in [-0.4, -0.2) is 66.0 Å². The summed E-state index contributed by atoms with van der Waals surface area (Å²) in [4.78, 5) is 24.8. The van der Waals surface area contributed by atoms with E-state index >= 15 is 0 Å². The number of nitrogens with zero attached hydrogens (tertiary/aromatic N) is 4. The summed E-state index contributed by atoms with van der Waals surface area (Å²) in [5.74, 6) is -1.65. The van der Waals surface area contributed by atoms with Gasteiger partial charge in [-0.1, -0.05) is 0 Å². The van der Waals surface area contributed by atoms with Crippen molar-refractivity contribution in [3.63, 3.8) is 0 Å². The first-order valence-corrected chi connectivity index (χ1v) is 9.53. The summed E-state index contributed by atoms with van der Waals surface area (Å²) in [7, 11) is 3.36. The molecule has 2 heterocycles. The number of halogens is 2. The van der Waals surface area contributed by atoms with Gasteiger partial charge in [0.2, 0.25) is 11.7 Å². The minimum Gasteiger partial charge on any atom is -0.355 e. The third kappa shape index (κ3) is 4.20. The second kappa shape index (κ2) is 7.30. The molecule has 1 aromatic heterocycles. The molecule has 8 heteroatoms. The van der Waals surface area contributed by atoms with Gasteiger partial charge in [-0.25, -0.2) is 18.7 Å². The molecule has 0 bridgehead atoms. The van der Waals surface area contributed by atoms with E-state index in [1.54, 1.807) is 14.1 Å². The summed E-state index contributed by atoms with van der Waals surface area (Å²) < 4.78 is 26.2. The zero-order chi connectivity index (χ0) is 19.9. The minimum atomic E-state index is -2.48. The van der Waals surface area contributed by atoms with Crippen LogP contribution in [0.2, 0.25) is 0 Å². The molecule has 1 unspecified atom stereocenters. The summed E-state index contributed by atoms with van der Waals surface area (Å²) in [5.41, 5.74) is 1.77. The highest BCUT2D eigenvalue weighted by atomic mass is 19.3. The average Bonchev–Trinajstić information content (AvgIpc) is 3.02. The van der Waals surface area contributed by atoms with Crippen LogP contribution in [0.5, 0.6) is 0 Å². The number of anilines is 1. The highest BCUT2D eigenvalue weighted by Crippen LogP contribution is 2.44. The van der Waals surface area contributed by atoms with E-state index in [2.05, 4.69) is 20.2 Å². The van der Waals surface area contributed by atoms with Crippen LogP contribution in [0.3, 0.4) is 0 Å². The van der Waals surface area contributed by atoms with Crippen LogP contribution < -0.4 is 10.2 Å². The van der Waals surface area contributed by atoms with Crippen LogP contribution in [0.15, 0.2) is 0 Å². The first kappa shape index (κ1) is 19.9. The average molecular weight is 381 g/mol. The van der Waals surface area contributed by atoms with Crippen molar-refractivity contribution < 1.29 is 13.6 Å². The van der Waals surface area contributed by atoms with Crippen LogP contribution in [0.4, 0.5) is 14.6 Å². The van der Waals surface area contributed by atoms with Gasteiger partial charge in [0.05, 0.1) is 0 Å². The van der Waals surface area contributed by atoms with Crippen LogP contribution in [0.25, 0.3) is 0 Å². The third-order valence-corrected chi connectivity index (χ3v) is 5.78. The third-order valence-electron chi connectivity index (χ3n) is 5.78. The maximum absolute atomic E-state index is 13.1. The number of nitrogens with one attached hydrogen (secondary N) is 1. The van der Waals surface area contributed by atoms with Crippen molar-refractivity contribution in [2.45, 2.75) is 58.0 Å². The van der Waals surface area contributed by atoms with Gasteiger partial charge in [-0.3, -0.25) is 4.79 Å². The van der Waals surface area contributed by atoms with Gasteiger partial charge in [-0.05, 0) is 33.1 Å². The molecule has 0 aromatic carbocycles. The molecule has 150 valence electrons. The van der Waals surface area contributed by atoms with Gasteiger partial charge in [0, 0.05) is 63.4 Å². The molecule has 2 aliphatic rings. The summed E-state index contributed by atoms with van der Waals surface area (Å²) >= 11 is 0. The smallest absolute Gasteiger partial charge is 0.291 e. The van der Waals surface area contributed by atoms with Crippen molar-refractivity contribution >= 4 is 11.7 Å². The van der Waals surface area contributed by atoms with Gasteiger partial charge in [-0.15, -0.1) is 0 Å².